The van der Waals surface area contributed by atoms with Crippen LogP contribution < -0.4 is 5.32 Å². The summed E-state index contributed by atoms with van der Waals surface area (Å²) in [5.74, 6) is 0. The van der Waals surface area contributed by atoms with Crippen LogP contribution in [0.3, 0.4) is 0 Å². The molecule has 1 saturated carbocycles. The number of ether oxygens (including phenoxy) is 3. The average molecular weight is 538 g/mol. The first kappa shape index (κ1) is 26.6. The van der Waals surface area contributed by atoms with Crippen molar-refractivity contribution >= 4 is 36.0 Å². The van der Waals surface area contributed by atoms with Gasteiger partial charge in [0.25, 0.3) is 0 Å². The van der Waals surface area contributed by atoms with Crippen molar-refractivity contribution in [2.75, 3.05) is 32.2 Å². The number of anilines is 1. The molecule has 35 heavy (non-hydrogen) atoms. The lowest BCUT2D eigenvalue weighted by atomic mass is 10.1. The standard InChI is InChI=1S/C19H29ClN5O9P/c1-32-9-19(8-26,35(29,30)31)33-7-12-15(27)16(28)18(34-12)25-17-14(23-24-25)11(6-13(20)22-17)21-10-4-2-3-5-10/h6,10,12,15-16,18,26-28H,2-5,7-9H2,1H3,(H,21,22)(H2,29,30,31)/t12-,15-,16-,18-,19?/m1/s1. The monoisotopic (exact) mass is 537 g/mol. The van der Waals surface area contributed by atoms with Crippen LogP contribution in [0.25, 0.3) is 11.2 Å². The Morgan fingerprint density at radius 1 is 1.31 bits per heavy atom. The molecule has 14 nitrogen and oxygen atoms in total. The zero-order chi connectivity index (χ0) is 25.4. The zero-order valence-corrected chi connectivity index (χ0v) is 20.5. The van der Waals surface area contributed by atoms with Crippen molar-refractivity contribution in [1.82, 2.24) is 20.0 Å². The molecule has 0 radical (unpaired) electrons. The van der Waals surface area contributed by atoms with Crippen LogP contribution in [0, 0.1) is 0 Å². The van der Waals surface area contributed by atoms with Gasteiger partial charge in [0.05, 0.1) is 25.5 Å². The number of rotatable bonds is 10. The Hall–Kier alpha value is -1.45. The molecule has 1 unspecified atom stereocenters. The van der Waals surface area contributed by atoms with E-state index in [1.807, 2.05) is 0 Å². The number of aliphatic hydroxyl groups is 3. The lowest BCUT2D eigenvalue weighted by Crippen LogP contribution is -2.44. The molecule has 0 amide bonds. The molecule has 2 aromatic rings. The van der Waals surface area contributed by atoms with E-state index < -0.39 is 57.3 Å². The molecule has 3 heterocycles. The van der Waals surface area contributed by atoms with E-state index in [-0.39, 0.29) is 16.8 Å². The van der Waals surface area contributed by atoms with E-state index in [2.05, 4.69) is 20.6 Å². The maximum absolute atomic E-state index is 11.9. The van der Waals surface area contributed by atoms with Crippen LogP contribution in [0.2, 0.25) is 5.15 Å². The summed E-state index contributed by atoms with van der Waals surface area (Å²) < 4.78 is 29.0. The minimum Gasteiger partial charge on any atom is -0.393 e. The molecule has 6 N–H and O–H groups in total. The Kier molecular flexibility index (Phi) is 7.98. The molecule has 0 aromatic carbocycles. The van der Waals surface area contributed by atoms with E-state index in [4.69, 9.17) is 25.8 Å². The van der Waals surface area contributed by atoms with Crippen LogP contribution in [0.15, 0.2) is 6.07 Å². The maximum Gasteiger partial charge on any atom is 0.361 e. The minimum atomic E-state index is -4.99. The highest BCUT2D eigenvalue weighted by molar-refractivity contribution is 7.53. The van der Waals surface area contributed by atoms with Gasteiger partial charge in [-0.15, -0.1) is 5.10 Å². The van der Waals surface area contributed by atoms with Gasteiger partial charge in [0, 0.05) is 19.2 Å². The smallest absolute Gasteiger partial charge is 0.361 e. The van der Waals surface area contributed by atoms with Gasteiger partial charge in [0.15, 0.2) is 17.4 Å². The summed E-state index contributed by atoms with van der Waals surface area (Å²) in [5, 5.41) is 40.2. The van der Waals surface area contributed by atoms with Crippen molar-refractivity contribution in [3.05, 3.63) is 11.2 Å². The van der Waals surface area contributed by atoms with Crippen molar-refractivity contribution < 1.29 is 43.9 Å². The Morgan fingerprint density at radius 2 is 2.03 bits per heavy atom. The van der Waals surface area contributed by atoms with E-state index in [0.29, 0.717) is 11.2 Å². The first-order chi connectivity index (χ1) is 16.6. The fourth-order valence-corrected chi connectivity index (χ4v) is 5.30. The van der Waals surface area contributed by atoms with Crippen molar-refractivity contribution in [3.63, 3.8) is 0 Å². The summed E-state index contributed by atoms with van der Waals surface area (Å²) in [5.41, 5.74) is 1.27. The highest BCUT2D eigenvalue weighted by Gasteiger charge is 2.51. The number of nitrogens with zero attached hydrogens (tertiary/aromatic N) is 4. The minimum absolute atomic E-state index is 0.170. The van der Waals surface area contributed by atoms with Crippen molar-refractivity contribution in [2.24, 2.45) is 0 Å². The van der Waals surface area contributed by atoms with E-state index in [1.165, 1.54) is 11.8 Å². The highest BCUT2D eigenvalue weighted by Crippen LogP contribution is 2.51. The van der Waals surface area contributed by atoms with Crippen LogP contribution in [0.1, 0.15) is 31.9 Å². The summed E-state index contributed by atoms with van der Waals surface area (Å²) in [7, 11) is -3.80. The van der Waals surface area contributed by atoms with Crippen molar-refractivity contribution in [1.29, 1.82) is 0 Å². The van der Waals surface area contributed by atoms with Crippen LogP contribution in [0.4, 0.5) is 5.69 Å². The van der Waals surface area contributed by atoms with Crippen LogP contribution in [-0.2, 0) is 18.8 Å². The fourth-order valence-electron chi connectivity index (χ4n) is 4.38. The van der Waals surface area contributed by atoms with Crippen LogP contribution in [-0.4, -0.2) is 102 Å². The molecular formula is C19H29ClN5O9P. The quantitative estimate of drug-likeness (QED) is 0.174. The number of pyridine rings is 1. The van der Waals surface area contributed by atoms with Gasteiger partial charge in [-0.2, -0.15) is 4.68 Å². The Balaban J connectivity index is 1.56. The largest absolute Gasteiger partial charge is 0.393 e. The van der Waals surface area contributed by atoms with Gasteiger partial charge < -0.3 is 44.6 Å². The molecule has 2 fully saturated rings. The fraction of sp³-hybridized carbons (Fsp3) is 0.737. The lowest BCUT2D eigenvalue weighted by molar-refractivity contribution is -0.125. The molecule has 0 bridgehead atoms. The molecule has 2 aliphatic rings. The highest BCUT2D eigenvalue weighted by atomic mass is 35.5. The molecule has 1 aliphatic carbocycles. The van der Waals surface area contributed by atoms with Gasteiger partial charge in [0.1, 0.15) is 23.5 Å². The van der Waals surface area contributed by atoms with Crippen LogP contribution in [0.5, 0.6) is 0 Å². The number of nitrogens with one attached hydrogen (secondary N) is 1. The molecule has 196 valence electrons. The van der Waals surface area contributed by atoms with Crippen molar-refractivity contribution in [3.8, 4) is 0 Å². The predicted molar refractivity (Wildman–Crippen MR) is 122 cm³/mol. The summed E-state index contributed by atoms with van der Waals surface area (Å²) in [6.45, 7) is -2.23. The summed E-state index contributed by atoms with van der Waals surface area (Å²) in [4.78, 5) is 23.6. The SMILES string of the molecule is COCC(CO)(OC[C@H]1O[C@@H](n2nnc3c(NC4CCCC4)cc(Cl)nc32)[C@H](O)[C@@H]1O)P(=O)(O)O. The molecule has 1 aliphatic heterocycles. The van der Waals surface area contributed by atoms with E-state index in [1.54, 1.807) is 6.07 Å². The van der Waals surface area contributed by atoms with E-state index in [9.17, 15) is 29.7 Å². The molecule has 5 atom stereocenters. The third kappa shape index (κ3) is 5.18. The second-order valence-electron chi connectivity index (χ2n) is 8.76. The van der Waals surface area contributed by atoms with E-state index in [0.717, 1.165) is 25.7 Å². The number of aromatic nitrogens is 4. The molecule has 2 aromatic heterocycles. The molecule has 0 spiro atoms. The Morgan fingerprint density at radius 3 is 2.66 bits per heavy atom. The van der Waals surface area contributed by atoms with E-state index >= 15 is 0 Å². The number of aliphatic hydroxyl groups excluding tert-OH is 3. The normalized spacial score (nSPS) is 27.5. The van der Waals surface area contributed by atoms with Gasteiger partial charge in [-0.1, -0.05) is 29.7 Å². The summed E-state index contributed by atoms with van der Waals surface area (Å²) >= 11 is 6.22. The van der Waals surface area contributed by atoms with Crippen LogP contribution >= 0.6 is 19.2 Å². The summed E-state index contributed by atoms with van der Waals surface area (Å²) in [6.07, 6.45) is -1.19. The Bertz CT molecular complexity index is 1080. The van der Waals surface area contributed by atoms with Gasteiger partial charge in [-0.3, -0.25) is 4.57 Å². The first-order valence-electron chi connectivity index (χ1n) is 11.1. The first-order valence-corrected chi connectivity index (χ1v) is 13.1. The third-order valence-electron chi connectivity index (χ3n) is 6.36. The average Bonchev–Trinajstić information content (AvgIpc) is 3.52. The van der Waals surface area contributed by atoms with Gasteiger partial charge in [-0.05, 0) is 12.8 Å². The number of halogens is 1. The second-order valence-corrected chi connectivity index (χ2v) is 11.1. The lowest BCUT2D eigenvalue weighted by Gasteiger charge is -2.32. The number of methoxy groups -OCH3 is 1. The molecular weight excluding hydrogens is 509 g/mol. The number of hydrogen-bond donors (Lipinski definition) is 6. The van der Waals surface area contributed by atoms with Gasteiger partial charge in [-0.25, -0.2) is 4.98 Å². The second kappa shape index (κ2) is 10.5. The number of fused-ring (bicyclic) bond motifs is 1. The molecule has 16 heteroatoms. The zero-order valence-electron chi connectivity index (χ0n) is 18.9. The molecule has 1 saturated heterocycles. The predicted octanol–water partition coefficient (Wildman–Crippen LogP) is -0.0173. The maximum atomic E-state index is 11.9. The molecule has 4 rings (SSSR count). The Labute approximate surface area is 205 Å². The van der Waals surface area contributed by atoms with Crippen molar-refractivity contribution in [2.45, 2.75) is 61.6 Å². The van der Waals surface area contributed by atoms with Gasteiger partial charge >= 0.3 is 7.60 Å². The number of hydrogen-bond acceptors (Lipinski definition) is 11. The van der Waals surface area contributed by atoms with Gasteiger partial charge in [0.2, 0.25) is 5.34 Å². The topological polar surface area (TPSA) is 202 Å². The third-order valence-corrected chi connectivity index (χ3v) is 8.01. The summed E-state index contributed by atoms with van der Waals surface area (Å²) in [6, 6.07) is 1.91.